The predicted octanol–water partition coefficient (Wildman–Crippen LogP) is 2.87. The van der Waals surface area contributed by atoms with Crippen LogP contribution in [0.25, 0.3) is 0 Å². The number of hydrogen-bond donors (Lipinski definition) is 1. The third-order valence-corrected chi connectivity index (χ3v) is 1.89. The summed E-state index contributed by atoms with van der Waals surface area (Å²) in [6, 6.07) is 0. The van der Waals surface area contributed by atoms with Gasteiger partial charge in [-0.3, -0.25) is 0 Å². The average Bonchev–Trinajstić information content (AvgIpc) is 2.45. The van der Waals surface area contributed by atoms with Gasteiger partial charge in [0.2, 0.25) is 0 Å². The number of allylic oxidation sites excluding steroid dienone is 3. The van der Waals surface area contributed by atoms with E-state index in [0.717, 1.165) is 18.7 Å². The molecule has 0 radical (unpaired) electrons. The Hall–Kier alpha value is -1.44. The van der Waals surface area contributed by atoms with Crippen LogP contribution in [0, 0.1) is 0 Å². The molecule has 0 aromatic carbocycles. The van der Waals surface area contributed by atoms with E-state index in [1.165, 1.54) is 5.57 Å². The van der Waals surface area contributed by atoms with Crippen molar-refractivity contribution < 1.29 is 4.74 Å². The molecule has 0 amide bonds. The van der Waals surface area contributed by atoms with E-state index in [-0.39, 0.29) is 0 Å². The highest BCUT2D eigenvalue weighted by atomic mass is 16.5. The van der Waals surface area contributed by atoms with Gasteiger partial charge in [0.1, 0.15) is 5.76 Å². The number of nitrogens with one attached hydrogen (secondary N) is 1. The Morgan fingerprint density at radius 1 is 1.29 bits per heavy atom. The van der Waals surface area contributed by atoms with E-state index < -0.39 is 0 Å². The van der Waals surface area contributed by atoms with Gasteiger partial charge in [-0.1, -0.05) is 32.1 Å². The highest BCUT2D eigenvalue weighted by molar-refractivity contribution is 5.36. The summed E-state index contributed by atoms with van der Waals surface area (Å²) >= 11 is 0. The topological polar surface area (TPSA) is 21.3 Å². The van der Waals surface area contributed by atoms with Gasteiger partial charge in [-0.25, -0.2) is 0 Å². The Morgan fingerprint density at radius 2 is 2.00 bits per heavy atom. The van der Waals surface area contributed by atoms with E-state index in [4.69, 9.17) is 4.74 Å². The highest BCUT2D eigenvalue weighted by Crippen LogP contribution is 2.19. The van der Waals surface area contributed by atoms with Gasteiger partial charge in [-0.05, 0) is 19.1 Å². The Labute approximate surface area is 85.7 Å². The standard InChI is InChI=1S/C10H11NO.C2H6/c1-8-11-7-9-5-3-2-4-6-10(9)12-8;1-2/h3-6,11H,1-2,7H2;1-2H3. The SMILES string of the molecule is C=C1NCC2=C(C=CCC=C2)O1.CC. The molecule has 0 saturated heterocycles. The number of ether oxygens (including phenoxy) is 1. The maximum absolute atomic E-state index is 5.41. The molecule has 0 atom stereocenters. The number of rotatable bonds is 0. The first-order valence-corrected chi connectivity index (χ1v) is 5.03. The van der Waals surface area contributed by atoms with Crippen molar-refractivity contribution >= 4 is 0 Å². The van der Waals surface area contributed by atoms with Gasteiger partial charge in [0, 0.05) is 12.1 Å². The quantitative estimate of drug-likeness (QED) is 0.635. The van der Waals surface area contributed by atoms with Crippen molar-refractivity contribution in [3.05, 3.63) is 48.1 Å². The van der Waals surface area contributed by atoms with Crippen molar-refractivity contribution in [2.24, 2.45) is 0 Å². The molecule has 2 rings (SSSR count). The summed E-state index contributed by atoms with van der Waals surface area (Å²) < 4.78 is 5.41. The van der Waals surface area contributed by atoms with Crippen LogP contribution < -0.4 is 5.32 Å². The van der Waals surface area contributed by atoms with E-state index in [1.54, 1.807) is 0 Å². The fourth-order valence-corrected chi connectivity index (χ4v) is 1.26. The molecular formula is C12H17NO. The van der Waals surface area contributed by atoms with Crippen molar-refractivity contribution in [1.82, 2.24) is 5.32 Å². The fourth-order valence-electron chi connectivity index (χ4n) is 1.26. The summed E-state index contributed by atoms with van der Waals surface area (Å²) in [5.74, 6) is 1.56. The normalized spacial score (nSPS) is 18.6. The van der Waals surface area contributed by atoms with Crippen LogP contribution >= 0.6 is 0 Å². The zero-order valence-corrected chi connectivity index (χ0v) is 8.84. The third-order valence-electron chi connectivity index (χ3n) is 1.89. The summed E-state index contributed by atoms with van der Waals surface area (Å²) in [5.41, 5.74) is 1.19. The maximum Gasteiger partial charge on any atom is 0.186 e. The summed E-state index contributed by atoms with van der Waals surface area (Å²) in [7, 11) is 0. The van der Waals surface area contributed by atoms with Crippen molar-refractivity contribution in [3.8, 4) is 0 Å². The summed E-state index contributed by atoms with van der Waals surface area (Å²) in [6.45, 7) is 8.52. The lowest BCUT2D eigenvalue weighted by Gasteiger charge is -2.19. The van der Waals surface area contributed by atoms with Crippen LogP contribution in [0.15, 0.2) is 48.1 Å². The lowest BCUT2D eigenvalue weighted by molar-refractivity contribution is 0.273. The van der Waals surface area contributed by atoms with E-state index in [0.29, 0.717) is 5.88 Å². The van der Waals surface area contributed by atoms with Crippen LogP contribution in [0.3, 0.4) is 0 Å². The first kappa shape index (κ1) is 10.6. The Balaban J connectivity index is 0.000000461. The zero-order chi connectivity index (χ0) is 10.4. The molecule has 0 bridgehead atoms. The van der Waals surface area contributed by atoms with Crippen LogP contribution in [-0.2, 0) is 4.74 Å². The van der Waals surface area contributed by atoms with E-state index in [9.17, 15) is 0 Å². The average molecular weight is 191 g/mol. The molecule has 1 aliphatic heterocycles. The fraction of sp³-hybridized carbons (Fsp3) is 0.333. The third kappa shape index (κ3) is 2.52. The minimum atomic E-state index is 0.633. The lowest BCUT2D eigenvalue weighted by atomic mass is 10.2. The zero-order valence-electron chi connectivity index (χ0n) is 8.84. The van der Waals surface area contributed by atoms with Gasteiger partial charge in [-0.2, -0.15) is 0 Å². The molecule has 76 valence electrons. The van der Waals surface area contributed by atoms with Crippen LogP contribution in [0.2, 0.25) is 0 Å². The summed E-state index contributed by atoms with van der Waals surface area (Å²) in [5, 5.41) is 3.05. The van der Waals surface area contributed by atoms with Gasteiger partial charge >= 0.3 is 0 Å². The molecule has 0 fully saturated rings. The molecule has 1 aliphatic carbocycles. The Kier molecular flexibility index (Phi) is 4.05. The predicted molar refractivity (Wildman–Crippen MR) is 59.5 cm³/mol. The molecule has 1 N–H and O–H groups in total. The van der Waals surface area contributed by atoms with Gasteiger partial charge < -0.3 is 10.1 Å². The first-order valence-electron chi connectivity index (χ1n) is 5.03. The second-order valence-electron chi connectivity index (χ2n) is 2.81. The number of hydrogen-bond acceptors (Lipinski definition) is 2. The Morgan fingerprint density at radius 3 is 2.79 bits per heavy atom. The first-order chi connectivity index (χ1) is 6.86. The van der Waals surface area contributed by atoms with Crippen molar-refractivity contribution in [3.63, 3.8) is 0 Å². The van der Waals surface area contributed by atoms with Crippen molar-refractivity contribution in [1.29, 1.82) is 0 Å². The van der Waals surface area contributed by atoms with Gasteiger partial charge in [0.05, 0.1) is 0 Å². The minimum Gasteiger partial charge on any atom is -0.442 e. The molecule has 0 spiro atoms. The monoisotopic (exact) mass is 191 g/mol. The molecule has 0 aromatic heterocycles. The van der Waals surface area contributed by atoms with Crippen LogP contribution in [0.5, 0.6) is 0 Å². The summed E-state index contributed by atoms with van der Waals surface area (Å²) in [4.78, 5) is 0. The van der Waals surface area contributed by atoms with Gasteiger partial charge in [0.15, 0.2) is 5.88 Å². The van der Waals surface area contributed by atoms with Crippen molar-refractivity contribution in [2.75, 3.05) is 6.54 Å². The molecule has 1 heterocycles. The van der Waals surface area contributed by atoms with Gasteiger partial charge in [0.25, 0.3) is 0 Å². The molecule has 0 unspecified atom stereocenters. The maximum atomic E-state index is 5.41. The second kappa shape index (κ2) is 5.32. The molecule has 2 heteroatoms. The van der Waals surface area contributed by atoms with E-state index >= 15 is 0 Å². The molecule has 2 aliphatic rings. The van der Waals surface area contributed by atoms with E-state index in [2.05, 4.69) is 30.1 Å². The van der Waals surface area contributed by atoms with E-state index in [1.807, 2.05) is 19.9 Å². The van der Waals surface area contributed by atoms with Crippen molar-refractivity contribution in [2.45, 2.75) is 20.3 Å². The second-order valence-corrected chi connectivity index (χ2v) is 2.81. The molecule has 0 aromatic rings. The van der Waals surface area contributed by atoms with Gasteiger partial charge in [-0.15, -0.1) is 0 Å². The largest absolute Gasteiger partial charge is 0.442 e. The van der Waals surface area contributed by atoms with Crippen LogP contribution in [0.1, 0.15) is 20.3 Å². The smallest absolute Gasteiger partial charge is 0.186 e. The highest BCUT2D eigenvalue weighted by Gasteiger charge is 2.12. The molecule has 14 heavy (non-hydrogen) atoms. The molecular weight excluding hydrogens is 174 g/mol. The Bertz CT molecular complexity index is 297. The molecule has 0 saturated carbocycles. The lowest BCUT2D eigenvalue weighted by Crippen LogP contribution is -2.23. The summed E-state index contributed by atoms with van der Waals surface area (Å²) in [6.07, 6.45) is 9.27. The van der Waals surface area contributed by atoms with Crippen LogP contribution in [-0.4, -0.2) is 6.54 Å². The van der Waals surface area contributed by atoms with Crippen LogP contribution in [0.4, 0.5) is 0 Å². The molecule has 2 nitrogen and oxygen atoms in total. The minimum absolute atomic E-state index is 0.633.